The molecule has 1 unspecified atom stereocenters. The zero-order valence-electron chi connectivity index (χ0n) is 14.3. The molecule has 130 valence electrons. The first-order chi connectivity index (χ1) is 12.7. The summed E-state index contributed by atoms with van der Waals surface area (Å²) in [5.41, 5.74) is 4.47. The van der Waals surface area contributed by atoms with Crippen LogP contribution in [0, 0.1) is 0 Å². The molecule has 2 heterocycles. The van der Waals surface area contributed by atoms with Crippen molar-refractivity contribution < 1.29 is 4.79 Å². The molecule has 2 aromatic carbocycles. The normalized spacial score (nSPS) is 21.5. The number of hydrogen-bond donors (Lipinski definition) is 1. The highest BCUT2D eigenvalue weighted by atomic mass is 16.2. The van der Waals surface area contributed by atoms with Crippen LogP contribution < -0.4 is 5.56 Å². The van der Waals surface area contributed by atoms with Gasteiger partial charge in [-0.25, -0.2) is 4.98 Å². The molecular formula is C21H19N3O2. The van der Waals surface area contributed by atoms with Gasteiger partial charge in [0.2, 0.25) is 0 Å². The van der Waals surface area contributed by atoms with E-state index in [1.807, 2.05) is 4.90 Å². The predicted octanol–water partition coefficient (Wildman–Crippen LogP) is 2.87. The Kier molecular flexibility index (Phi) is 3.42. The Hall–Kier alpha value is -2.95. The molecule has 1 amide bonds. The second-order valence-corrected chi connectivity index (χ2v) is 7.20. The standard InChI is InChI=1S/C21H19N3O2/c25-20-12-22-18-10-14(7-8-17(18)23-20)21(26)24-9-3-6-16-15-5-2-1-4-13(15)11-19(16)24/h1-2,4-5,7-8,10,12,16,19H,3,6,9,11H2,(H,23,25)/t16?,19-/m0/s1. The number of fused-ring (bicyclic) bond motifs is 4. The Morgan fingerprint density at radius 2 is 2.08 bits per heavy atom. The number of piperidine rings is 1. The summed E-state index contributed by atoms with van der Waals surface area (Å²) in [5.74, 6) is 0.501. The highest BCUT2D eigenvalue weighted by Gasteiger charge is 2.40. The monoisotopic (exact) mass is 345 g/mol. The van der Waals surface area contributed by atoms with Crippen LogP contribution in [0.15, 0.2) is 53.5 Å². The number of carbonyl (C=O) groups excluding carboxylic acids is 1. The van der Waals surface area contributed by atoms with Crippen molar-refractivity contribution in [2.45, 2.75) is 31.2 Å². The maximum absolute atomic E-state index is 13.2. The van der Waals surface area contributed by atoms with Crippen molar-refractivity contribution in [3.8, 4) is 0 Å². The Balaban J connectivity index is 1.49. The molecule has 1 saturated heterocycles. The maximum Gasteiger partial charge on any atom is 0.266 e. The molecule has 5 nitrogen and oxygen atoms in total. The van der Waals surface area contributed by atoms with E-state index < -0.39 is 0 Å². The molecule has 2 atom stereocenters. The van der Waals surface area contributed by atoms with E-state index in [9.17, 15) is 9.59 Å². The van der Waals surface area contributed by atoms with Crippen LogP contribution in [0.5, 0.6) is 0 Å². The zero-order chi connectivity index (χ0) is 17.7. The predicted molar refractivity (Wildman–Crippen MR) is 99.3 cm³/mol. The van der Waals surface area contributed by atoms with Crippen molar-refractivity contribution in [1.29, 1.82) is 0 Å². The molecule has 26 heavy (non-hydrogen) atoms. The number of benzene rings is 2. The van der Waals surface area contributed by atoms with Gasteiger partial charge in [0, 0.05) is 24.1 Å². The molecule has 1 aliphatic carbocycles. The van der Waals surface area contributed by atoms with E-state index in [0.717, 1.165) is 25.8 Å². The van der Waals surface area contributed by atoms with Gasteiger partial charge in [-0.15, -0.1) is 0 Å². The molecule has 1 fully saturated rings. The lowest BCUT2D eigenvalue weighted by atomic mass is 9.88. The quantitative estimate of drug-likeness (QED) is 0.737. The van der Waals surface area contributed by atoms with E-state index >= 15 is 0 Å². The molecule has 0 saturated carbocycles. The average molecular weight is 345 g/mol. The van der Waals surface area contributed by atoms with Crippen molar-refractivity contribution in [2.24, 2.45) is 0 Å². The number of likely N-dealkylation sites (tertiary alicyclic amines) is 1. The van der Waals surface area contributed by atoms with E-state index in [0.29, 0.717) is 22.5 Å². The summed E-state index contributed by atoms with van der Waals surface area (Å²) >= 11 is 0. The second kappa shape index (κ2) is 5.80. The van der Waals surface area contributed by atoms with Crippen LogP contribution in [0.3, 0.4) is 0 Å². The van der Waals surface area contributed by atoms with Crippen LogP contribution >= 0.6 is 0 Å². The lowest BCUT2D eigenvalue weighted by Crippen LogP contribution is -2.46. The van der Waals surface area contributed by atoms with Crippen molar-refractivity contribution in [1.82, 2.24) is 14.9 Å². The lowest BCUT2D eigenvalue weighted by molar-refractivity contribution is 0.0595. The van der Waals surface area contributed by atoms with Gasteiger partial charge >= 0.3 is 0 Å². The second-order valence-electron chi connectivity index (χ2n) is 7.20. The molecule has 1 N–H and O–H groups in total. The fourth-order valence-electron chi connectivity index (χ4n) is 4.57. The molecule has 0 bridgehead atoms. The van der Waals surface area contributed by atoms with Gasteiger partial charge in [-0.2, -0.15) is 0 Å². The highest BCUT2D eigenvalue weighted by Crippen LogP contribution is 2.42. The molecular weight excluding hydrogens is 326 g/mol. The van der Waals surface area contributed by atoms with Crippen LogP contribution in [0.2, 0.25) is 0 Å². The summed E-state index contributed by atoms with van der Waals surface area (Å²) in [6.07, 6.45) is 4.36. The first-order valence-electron chi connectivity index (χ1n) is 9.08. The average Bonchev–Trinajstić information content (AvgIpc) is 3.06. The molecule has 0 spiro atoms. The van der Waals surface area contributed by atoms with Crippen molar-refractivity contribution in [3.05, 3.63) is 75.7 Å². The van der Waals surface area contributed by atoms with E-state index in [2.05, 4.69) is 34.2 Å². The number of nitrogens with zero attached hydrogens (tertiary/aromatic N) is 2. The van der Waals surface area contributed by atoms with E-state index in [1.54, 1.807) is 18.2 Å². The Morgan fingerprint density at radius 1 is 1.19 bits per heavy atom. The molecule has 1 aliphatic heterocycles. The third-order valence-electron chi connectivity index (χ3n) is 5.75. The minimum absolute atomic E-state index is 0.0578. The Bertz CT molecular complexity index is 1070. The van der Waals surface area contributed by atoms with E-state index in [1.165, 1.54) is 17.3 Å². The number of H-pyrrole nitrogens is 1. The van der Waals surface area contributed by atoms with Gasteiger partial charge in [0.25, 0.3) is 11.5 Å². The van der Waals surface area contributed by atoms with Crippen molar-refractivity contribution >= 4 is 16.9 Å². The topological polar surface area (TPSA) is 66.1 Å². The van der Waals surface area contributed by atoms with Gasteiger partial charge in [0.15, 0.2) is 0 Å². The third-order valence-corrected chi connectivity index (χ3v) is 5.75. The Morgan fingerprint density at radius 3 is 3.00 bits per heavy atom. The number of amides is 1. The van der Waals surface area contributed by atoms with E-state index in [4.69, 9.17) is 0 Å². The molecule has 2 aliphatic rings. The first kappa shape index (κ1) is 15.3. The van der Waals surface area contributed by atoms with Crippen molar-refractivity contribution in [3.63, 3.8) is 0 Å². The Labute approximate surface area is 150 Å². The summed E-state index contributed by atoms with van der Waals surface area (Å²) in [6.45, 7) is 0.797. The van der Waals surface area contributed by atoms with Crippen molar-refractivity contribution in [2.75, 3.05) is 6.54 Å². The van der Waals surface area contributed by atoms with Gasteiger partial charge in [0.05, 0.1) is 17.2 Å². The number of hydrogen-bond acceptors (Lipinski definition) is 3. The smallest absolute Gasteiger partial charge is 0.266 e. The molecule has 3 aromatic rings. The van der Waals surface area contributed by atoms with E-state index in [-0.39, 0.29) is 17.5 Å². The number of nitrogens with one attached hydrogen (secondary N) is 1. The number of rotatable bonds is 1. The molecule has 1 aromatic heterocycles. The van der Waals surface area contributed by atoms with Gasteiger partial charge in [0.1, 0.15) is 0 Å². The molecule has 5 rings (SSSR count). The zero-order valence-corrected chi connectivity index (χ0v) is 14.3. The van der Waals surface area contributed by atoms with Crippen LogP contribution in [-0.2, 0) is 6.42 Å². The fourth-order valence-corrected chi connectivity index (χ4v) is 4.57. The van der Waals surface area contributed by atoms with Gasteiger partial charge in [-0.1, -0.05) is 24.3 Å². The molecule has 0 radical (unpaired) electrons. The minimum atomic E-state index is -0.237. The minimum Gasteiger partial charge on any atom is -0.335 e. The number of aromatic nitrogens is 2. The number of carbonyl (C=O) groups is 1. The van der Waals surface area contributed by atoms with Crippen LogP contribution in [-0.4, -0.2) is 33.4 Å². The van der Waals surface area contributed by atoms with Gasteiger partial charge < -0.3 is 9.88 Å². The molecule has 5 heteroatoms. The fraction of sp³-hybridized carbons (Fsp3) is 0.286. The first-order valence-corrected chi connectivity index (χ1v) is 9.08. The maximum atomic E-state index is 13.2. The highest BCUT2D eigenvalue weighted by molar-refractivity contribution is 5.97. The SMILES string of the molecule is O=C(c1ccc2[nH]c(=O)cnc2c1)N1CCCC2c3ccccc3C[C@@H]21. The third kappa shape index (κ3) is 2.35. The van der Waals surface area contributed by atoms with Gasteiger partial charge in [-0.3, -0.25) is 9.59 Å². The summed E-state index contributed by atoms with van der Waals surface area (Å²) in [5, 5.41) is 0. The summed E-state index contributed by atoms with van der Waals surface area (Å²) in [4.78, 5) is 33.6. The summed E-state index contributed by atoms with van der Waals surface area (Å²) in [7, 11) is 0. The lowest BCUT2D eigenvalue weighted by Gasteiger charge is -2.38. The van der Waals surface area contributed by atoms with Crippen LogP contribution in [0.1, 0.15) is 40.2 Å². The van der Waals surface area contributed by atoms with Gasteiger partial charge in [-0.05, 0) is 48.6 Å². The largest absolute Gasteiger partial charge is 0.335 e. The summed E-state index contributed by atoms with van der Waals surface area (Å²) < 4.78 is 0. The number of aromatic amines is 1. The van der Waals surface area contributed by atoms with Crippen LogP contribution in [0.25, 0.3) is 11.0 Å². The summed E-state index contributed by atoms with van der Waals surface area (Å²) in [6, 6.07) is 14.1. The van der Waals surface area contributed by atoms with Crippen LogP contribution in [0.4, 0.5) is 0 Å².